The zero-order valence-electron chi connectivity index (χ0n) is 11.6. The maximum atomic E-state index is 9.34. The van der Waals surface area contributed by atoms with Gasteiger partial charge in [0.05, 0.1) is 0 Å². The van der Waals surface area contributed by atoms with Gasteiger partial charge in [-0.15, -0.1) is 0 Å². The van der Waals surface area contributed by atoms with E-state index in [4.69, 9.17) is 0 Å². The number of hydrogen-bond acceptors (Lipinski definition) is 3. The highest BCUT2D eigenvalue weighted by molar-refractivity contribution is 5.27. The molecule has 1 atom stereocenters. The lowest BCUT2D eigenvalue weighted by atomic mass is 9.99. The lowest BCUT2D eigenvalue weighted by Gasteiger charge is -2.38. The number of hydrogen-bond donors (Lipinski definition) is 1. The fourth-order valence-electron chi connectivity index (χ4n) is 2.71. The van der Waals surface area contributed by atoms with Crippen LogP contribution in [0.25, 0.3) is 0 Å². The van der Waals surface area contributed by atoms with Crippen LogP contribution in [0.4, 0.5) is 0 Å². The van der Waals surface area contributed by atoms with E-state index in [2.05, 4.69) is 30.8 Å². The van der Waals surface area contributed by atoms with Crippen LogP contribution >= 0.6 is 0 Å². The Hall–Kier alpha value is -1.06. The molecular weight excluding hydrogens is 224 g/mol. The van der Waals surface area contributed by atoms with Crippen molar-refractivity contribution >= 4 is 0 Å². The van der Waals surface area contributed by atoms with E-state index in [1.54, 1.807) is 12.1 Å². The van der Waals surface area contributed by atoms with Gasteiger partial charge in [0.15, 0.2) is 0 Å². The molecule has 3 heteroatoms. The van der Waals surface area contributed by atoms with Gasteiger partial charge in [0.1, 0.15) is 5.75 Å². The highest BCUT2D eigenvalue weighted by atomic mass is 16.3. The second-order valence-electron chi connectivity index (χ2n) is 5.47. The fourth-order valence-corrected chi connectivity index (χ4v) is 2.71. The summed E-state index contributed by atoms with van der Waals surface area (Å²) < 4.78 is 0. The van der Waals surface area contributed by atoms with Crippen LogP contribution in [0.2, 0.25) is 0 Å². The minimum absolute atomic E-state index is 0.341. The van der Waals surface area contributed by atoms with Crippen molar-refractivity contribution in [2.24, 2.45) is 0 Å². The summed E-state index contributed by atoms with van der Waals surface area (Å²) in [7, 11) is 4.41. The van der Waals surface area contributed by atoms with Gasteiger partial charge < -0.3 is 10.0 Å². The predicted octanol–water partition coefficient (Wildman–Crippen LogP) is 2.48. The highest BCUT2D eigenvalue weighted by Gasteiger charge is 2.24. The molecule has 0 radical (unpaired) electrons. The summed E-state index contributed by atoms with van der Waals surface area (Å²) in [6.07, 6.45) is 2.49. The normalized spacial score (nSPS) is 20.2. The second-order valence-corrected chi connectivity index (χ2v) is 5.47. The first-order chi connectivity index (χ1) is 8.58. The Morgan fingerprint density at radius 2 is 1.78 bits per heavy atom. The van der Waals surface area contributed by atoms with Crippen LogP contribution in [0.5, 0.6) is 5.75 Å². The Balaban J connectivity index is 1.99. The first kappa shape index (κ1) is 13.4. The quantitative estimate of drug-likeness (QED) is 0.890. The number of aromatic hydroxyl groups is 1. The first-order valence-corrected chi connectivity index (χ1v) is 6.77. The molecule has 100 valence electrons. The molecule has 18 heavy (non-hydrogen) atoms. The van der Waals surface area contributed by atoms with E-state index in [-0.39, 0.29) is 0 Å². The van der Waals surface area contributed by atoms with E-state index in [1.165, 1.54) is 31.5 Å². The molecule has 0 amide bonds. The van der Waals surface area contributed by atoms with Crippen molar-refractivity contribution in [1.82, 2.24) is 9.80 Å². The Kier molecular flexibility index (Phi) is 4.25. The summed E-state index contributed by atoms with van der Waals surface area (Å²) in [4.78, 5) is 4.87. The molecule has 0 aromatic heterocycles. The zero-order chi connectivity index (χ0) is 13.1. The summed E-state index contributed by atoms with van der Waals surface area (Å²) in [5.41, 5.74) is 1.27. The Morgan fingerprint density at radius 3 is 2.33 bits per heavy atom. The molecule has 3 nitrogen and oxygen atoms in total. The molecule has 0 saturated carbocycles. The van der Waals surface area contributed by atoms with Crippen molar-refractivity contribution in [2.45, 2.75) is 31.8 Å². The highest BCUT2D eigenvalue weighted by Crippen LogP contribution is 2.26. The van der Waals surface area contributed by atoms with Crippen LogP contribution in [-0.4, -0.2) is 48.1 Å². The predicted molar refractivity (Wildman–Crippen MR) is 74.8 cm³/mol. The second kappa shape index (κ2) is 5.72. The lowest BCUT2D eigenvalue weighted by Crippen LogP contribution is -2.42. The van der Waals surface area contributed by atoms with Gasteiger partial charge in [-0.1, -0.05) is 12.1 Å². The van der Waals surface area contributed by atoms with Crippen molar-refractivity contribution in [2.75, 3.05) is 27.2 Å². The van der Waals surface area contributed by atoms with Gasteiger partial charge >= 0.3 is 0 Å². The number of rotatable bonds is 3. The number of phenolic OH excluding ortho intramolecular Hbond substituents is 1. The van der Waals surface area contributed by atoms with Gasteiger partial charge in [0.2, 0.25) is 0 Å². The maximum Gasteiger partial charge on any atom is 0.115 e. The third-order valence-electron chi connectivity index (χ3n) is 4.25. The largest absolute Gasteiger partial charge is 0.508 e. The van der Waals surface area contributed by atoms with E-state index in [0.29, 0.717) is 17.8 Å². The zero-order valence-corrected chi connectivity index (χ0v) is 11.6. The molecule has 1 fully saturated rings. The molecule has 1 N–H and O–H groups in total. The van der Waals surface area contributed by atoms with E-state index < -0.39 is 0 Å². The van der Waals surface area contributed by atoms with Gasteiger partial charge in [0, 0.05) is 12.1 Å². The molecule has 1 aliphatic heterocycles. The number of benzene rings is 1. The van der Waals surface area contributed by atoms with Crippen molar-refractivity contribution in [3.8, 4) is 5.75 Å². The van der Waals surface area contributed by atoms with E-state index in [0.717, 1.165) is 0 Å². The third kappa shape index (κ3) is 3.03. The Bertz CT molecular complexity index is 369. The standard InChI is InChI=1S/C15H24N2O/c1-12(13-4-6-15(18)7-5-13)17(3)14-8-10-16(2)11-9-14/h4-7,12,14,18H,8-11H2,1-3H3. The number of phenols is 1. The van der Waals surface area contributed by atoms with Crippen LogP contribution in [0, 0.1) is 0 Å². The molecule has 1 aromatic rings. The summed E-state index contributed by atoms with van der Waals surface area (Å²) in [6, 6.07) is 8.66. The Labute approximate surface area is 110 Å². The summed E-state index contributed by atoms with van der Waals surface area (Å²) in [6.45, 7) is 4.62. The average Bonchev–Trinajstić information content (AvgIpc) is 2.39. The summed E-state index contributed by atoms with van der Waals surface area (Å²) in [5, 5.41) is 9.34. The van der Waals surface area contributed by atoms with Gasteiger partial charge in [-0.2, -0.15) is 0 Å². The van der Waals surface area contributed by atoms with E-state index >= 15 is 0 Å². The topological polar surface area (TPSA) is 26.7 Å². The van der Waals surface area contributed by atoms with Gasteiger partial charge in [0.25, 0.3) is 0 Å². The SMILES string of the molecule is CC(c1ccc(O)cc1)N(C)C1CCN(C)CC1. The van der Waals surface area contributed by atoms with Crippen LogP contribution in [0.3, 0.4) is 0 Å². The maximum absolute atomic E-state index is 9.34. The van der Waals surface area contributed by atoms with Gasteiger partial charge in [-0.3, -0.25) is 4.90 Å². The van der Waals surface area contributed by atoms with E-state index in [9.17, 15) is 5.11 Å². The molecule has 2 rings (SSSR count). The van der Waals surface area contributed by atoms with Gasteiger partial charge in [-0.05, 0) is 64.6 Å². The molecule has 1 heterocycles. The van der Waals surface area contributed by atoms with Crippen LogP contribution in [0.15, 0.2) is 24.3 Å². The minimum Gasteiger partial charge on any atom is -0.508 e. The van der Waals surface area contributed by atoms with Crippen molar-refractivity contribution in [3.63, 3.8) is 0 Å². The minimum atomic E-state index is 0.341. The van der Waals surface area contributed by atoms with Crippen molar-refractivity contribution in [3.05, 3.63) is 29.8 Å². The molecule has 1 aliphatic rings. The lowest BCUT2D eigenvalue weighted by molar-refractivity contribution is 0.113. The number of likely N-dealkylation sites (tertiary alicyclic amines) is 1. The average molecular weight is 248 g/mol. The molecule has 1 saturated heterocycles. The Morgan fingerprint density at radius 1 is 1.22 bits per heavy atom. The smallest absolute Gasteiger partial charge is 0.115 e. The first-order valence-electron chi connectivity index (χ1n) is 6.77. The molecule has 0 spiro atoms. The fraction of sp³-hybridized carbons (Fsp3) is 0.600. The molecule has 0 bridgehead atoms. The monoisotopic (exact) mass is 248 g/mol. The van der Waals surface area contributed by atoms with E-state index in [1.807, 2.05) is 12.1 Å². The van der Waals surface area contributed by atoms with Crippen LogP contribution in [0.1, 0.15) is 31.4 Å². The van der Waals surface area contributed by atoms with Crippen molar-refractivity contribution in [1.29, 1.82) is 0 Å². The molecule has 1 unspecified atom stereocenters. The summed E-state index contributed by atoms with van der Waals surface area (Å²) in [5.74, 6) is 0.341. The molecule has 0 aliphatic carbocycles. The molecule has 1 aromatic carbocycles. The number of nitrogens with zero attached hydrogens (tertiary/aromatic N) is 2. The number of piperidine rings is 1. The summed E-state index contributed by atoms with van der Waals surface area (Å²) >= 11 is 0. The van der Waals surface area contributed by atoms with Gasteiger partial charge in [-0.25, -0.2) is 0 Å². The van der Waals surface area contributed by atoms with Crippen LogP contribution < -0.4 is 0 Å². The third-order valence-corrected chi connectivity index (χ3v) is 4.25. The van der Waals surface area contributed by atoms with Crippen molar-refractivity contribution < 1.29 is 5.11 Å². The molecular formula is C15H24N2O. The van der Waals surface area contributed by atoms with Crippen LogP contribution in [-0.2, 0) is 0 Å².